The first-order chi connectivity index (χ1) is 9.94. The van der Waals surface area contributed by atoms with Crippen molar-refractivity contribution in [2.75, 3.05) is 0 Å². The molecular weight excluding hydrogens is 252 g/mol. The van der Waals surface area contributed by atoms with Gasteiger partial charge in [-0.2, -0.15) is 0 Å². The first-order valence-corrected chi connectivity index (χ1v) is 8.07. The van der Waals surface area contributed by atoms with Crippen LogP contribution in [-0.2, 0) is 12.8 Å². The van der Waals surface area contributed by atoms with Gasteiger partial charge in [0.05, 0.1) is 0 Å². The van der Waals surface area contributed by atoms with E-state index in [1.54, 1.807) is 0 Å². The third-order valence-corrected chi connectivity index (χ3v) is 4.10. The molecule has 0 saturated heterocycles. The van der Waals surface area contributed by atoms with Crippen LogP contribution in [-0.4, -0.2) is 0 Å². The lowest BCUT2D eigenvalue weighted by Gasteiger charge is -2.18. The van der Waals surface area contributed by atoms with Gasteiger partial charge in [0.25, 0.3) is 0 Å². The summed E-state index contributed by atoms with van der Waals surface area (Å²) < 4.78 is 0. The van der Waals surface area contributed by atoms with Crippen molar-refractivity contribution < 1.29 is 0 Å². The van der Waals surface area contributed by atoms with Gasteiger partial charge in [0.1, 0.15) is 0 Å². The monoisotopic (exact) mass is 280 g/mol. The normalized spacial score (nSPS) is 13.1. The molecule has 0 heteroatoms. The molecular formula is C21H28. The maximum Gasteiger partial charge on any atom is -0.0150 e. The van der Waals surface area contributed by atoms with Crippen LogP contribution in [0.5, 0.6) is 0 Å². The number of hydrogen-bond acceptors (Lipinski definition) is 0. The summed E-state index contributed by atoms with van der Waals surface area (Å²) in [5.41, 5.74) is 4.74. The van der Waals surface area contributed by atoms with Gasteiger partial charge in [0, 0.05) is 0 Å². The summed E-state index contributed by atoms with van der Waals surface area (Å²) in [5.74, 6) is 0.576. The Morgan fingerprint density at radius 3 is 1.95 bits per heavy atom. The van der Waals surface area contributed by atoms with E-state index in [-0.39, 0.29) is 0 Å². The Bertz CT molecular complexity index is 529. The lowest BCUT2D eigenvalue weighted by Crippen LogP contribution is -2.06. The van der Waals surface area contributed by atoms with Crippen LogP contribution in [0.1, 0.15) is 56.7 Å². The molecule has 0 nitrogen and oxygen atoms in total. The van der Waals surface area contributed by atoms with E-state index in [9.17, 15) is 0 Å². The highest BCUT2D eigenvalue weighted by Crippen LogP contribution is 2.23. The van der Waals surface area contributed by atoms with Gasteiger partial charge in [-0.05, 0) is 47.3 Å². The Labute approximate surface area is 130 Å². The third kappa shape index (κ3) is 5.38. The van der Waals surface area contributed by atoms with Crippen molar-refractivity contribution in [2.24, 2.45) is 5.41 Å². The van der Waals surface area contributed by atoms with Gasteiger partial charge >= 0.3 is 0 Å². The van der Waals surface area contributed by atoms with Crippen LogP contribution in [0, 0.1) is 5.41 Å². The molecule has 21 heavy (non-hydrogen) atoms. The molecule has 0 aliphatic rings. The number of hydrogen-bond donors (Lipinski definition) is 0. The lowest BCUT2D eigenvalue weighted by atomic mass is 9.88. The Kier molecular flexibility index (Phi) is 5.22. The van der Waals surface area contributed by atoms with Crippen LogP contribution < -0.4 is 0 Å². The van der Waals surface area contributed by atoms with E-state index in [4.69, 9.17) is 0 Å². The first kappa shape index (κ1) is 15.8. The molecule has 2 rings (SSSR count). The fraction of sp³-hybridized carbons (Fsp3) is 0.429. The van der Waals surface area contributed by atoms with Crippen LogP contribution >= 0.6 is 0 Å². The predicted molar refractivity (Wildman–Crippen MR) is 92.8 cm³/mol. The second kappa shape index (κ2) is 6.93. The summed E-state index contributed by atoms with van der Waals surface area (Å²) in [6.07, 6.45) is 3.54. The summed E-state index contributed by atoms with van der Waals surface area (Å²) in [7, 11) is 0. The van der Waals surface area contributed by atoms with Crippen LogP contribution in [0.25, 0.3) is 0 Å². The summed E-state index contributed by atoms with van der Waals surface area (Å²) >= 11 is 0. The Morgan fingerprint density at radius 1 is 0.810 bits per heavy atom. The van der Waals surface area contributed by atoms with Gasteiger partial charge in [-0.15, -0.1) is 0 Å². The first-order valence-electron chi connectivity index (χ1n) is 8.07. The zero-order valence-corrected chi connectivity index (χ0v) is 13.9. The molecule has 1 atom stereocenters. The van der Waals surface area contributed by atoms with Crippen molar-refractivity contribution in [1.82, 2.24) is 0 Å². The Balaban J connectivity index is 1.93. The third-order valence-electron chi connectivity index (χ3n) is 4.10. The molecule has 0 aromatic heterocycles. The molecule has 0 N–H and O–H groups in total. The highest BCUT2D eigenvalue weighted by Gasteiger charge is 2.10. The maximum atomic E-state index is 2.31. The fourth-order valence-corrected chi connectivity index (χ4v) is 2.61. The molecule has 2 aromatic carbocycles. The second-order valence-electron chi connectivity index (χ2n) is 7.39. The quantitative estimate of drug-likeness (QED) is 0.629. The summed E-state index contributed by atoms with van der Waals surface area (Å²) in [4.78, 5) is 0. The lowest BCUT2D eigenvalue weighted by molar-refractivity contribution is 0.378. The molecule has 2 aromatic rings. The van der Waals surface area contributed by atoms with E-state index in [1.165, 1.54) is 29.5 Å². The van der Waals surface area contributed by atoms with Crippen molar-refractivity contribution in [3.63, 3.8) is 0 Å². The standard InChI is InChI=1S/C21H28/c1-17(20-8-6-5-7-9-20)16-19-12-10-18(11-13-19)14-15-21(2,3)4/h5-13,17H,14-16H2,1-4H3. The van der Waals surface area contributed by atoms with Gasteiger partial charge in [0.2, 0.25) is 0 Å². The number of benzene rings is 2. The van der Waals surface area contributed by atoms with Crippen molar-refractivity contribution in [3.05, 3.63) is 71.3 Å². The molecule has 0 saturated carbocycles. The van der Waals surface area contributed by atoms with Crippen molar-refractivity contribution in [1.29, 1.82) is 0 Å². The van der Waals surface area contributed by atoms with Gasteiger partial charge < -0.3 is 0 Å². The van der Waals surface area contributed by atoms with Crippen molar-refractivity contribution in [2.45, 2.75) is 52.9 Å². The highest BCUT2D eigenvalue weighted by atomic mass is 14.2. The molecule has 0 radical (unpaired) electrons. The fourth-order valence-electron chi connectivity index (χ4n) is 2.61. The molecule has 112 valence electrons. The van der Waals surface area contributed by atoms with E-state index in [2.05, 4.69) is 82.3 Å². The summed E-state index contributed by atoms with van der Waals surface area (Å²) in [5, 5.41) is 0. The van der Waals surface area contributed by atoms with Crippen LogP contribution in [0.3, 0.4) is 0 Å². The Morgan fingerprint density at radius 2 is 1.38 bits per heavy atom. The summed E-state index contributed by atoms with van der Waals surface area (Å²) in [6, 6.07) is 20.0. The molecule has 0 aliphatic heterocycles. The van der Waals surface area contributed by atoms with E-state index >= 15 is 0 Å². The topological polar surface area (TPSA) is 0 Å². The largest absolute Gasteiger partial charge is 0.0622 e. The average Bonchev–Trinajstić information content (AvgIpc) is 2.46. The zero-order chi connectivity index (χ0) is 15.3. The molecule has 0 aliphatic carbocycles. The zero-order valence-electron chi connectivity index (χ0n) is 13.9. The summed E-state index contributed by atoms with van der Waals surface area (Å²) in [6.45, 7) is 9.23. The van der Waals surface area contributed by atoms with Gasteiger partial charge in [-0.3, -0.25) is 0 Å². The van der Waals surface area contributed by atoms with Crippen molar-refractivity contribution in [3.8, 4) is 0 Å². The molecule has 0 fully saturated rings. The predicted octanol–water partition coefficient (Wildman–Crippen LogP) is 6.01. The molecule has 1 unspecified atom stereocenters. The molecule has 0 spiro atoms. The van der Waals surface area contributed by atoms with Gasteiger partial charge in [-0.25, -0.2) is 0 Å². The van der Waals surface area contributed by atoms with E-state index in [1.807, 2.05) is 0 Å². The van der Waals surface area contributed by atoms with Gasteiger partial charge in [-0.1, -0.05) is 82.3 Å². The SMILES string of the molecule is CC(Cc1ccc(CCC(C)(C)C)cc1)c1ccccc1. The smallest absolute Gasteiger partial charge is 0.0150 e. The molecule has 0 heterocycles. The van der Waals surface area contributed by atoms with Crippen LogP contribution in [0.15, 0.2) is 54.6 Å². The Hall–Kier alpha value is -1.56. The average molecular weight is 280 g/mol. The number of aryl methyl sites for hydroxylation is 1. The molecule has 0 amide bonds. The second-order valence-corrected chi connectivity index (χ2v) is 7.39. The van der Waals surface area contributed by atoms with Gasteiger partial charge in [0.15, 0.2) is 0 Å². The highest BCUT2D eigenvalue weighted by molar-refractivity contribution is 5.26. The van der Waals surface area contributed by atoms with E-state index in [0.29, 0.717) is 11.3 Å². The van der Waals surface area contributed by atoms with Crippen molar-refractivity contribution >= 4 is 0 Å². The van der Waals surface area contributed by atoms with Crippen LogP contribution in [0.4, 0.5) is 0 Å². The minimum Gasteiger partial charge on any atom is -0.0622 e. The maximum absolute atomic E-state index is 2.31. The van der Waals surface area contributed by atoms with Crippen LogP contribution in [0.2, 0.25) is 0 Å². The van der Waals surface area contributed by atoms with E-state index < -0.39 is 0 Å². The van der Waals surface area contributed by atoms with E-state index in [0.717, 1.165) is 6.42 Å². The number of rotatable bonds is 5. The minimum atomic E-state index is 0.417. The minimum absolute atomic E-state index is 0.417. The molecule has 0 bridgehead atoms.